The second kappa shape index (κ2) is 7.37. The number of rotatable bonds is 1. The molecular formula is C35H21N. The van der Waals surface area contributed by atoms with E-state index in [1.807, 2.05) is 0 Å². The van der Waals surface area contributed by atoms with Crippen molar-refractivity contribution in [1.82, 2.24) is 4.98 Å². The molecule has 1 heterocycles. The molecule has 0 bridgehead atoms. The maximum absolute atomic E-state index is 5.25. The van der Waals surface area contributed by atoms with Gasteiger partial charge in [-0.15, -0.1) is 0 Å². The van der Waals surface area contributed by atoms with Gasteiger partial charge in [0.2, 0.25) is 0 Å². The molecule has 166 valence electrons. The first-order valence-corrected chi connectivity index (χ1v) is 12.4. The van der Waals surface area contributed by atoms with Crippen LogP contribution in [0.3, 0.4) is 0 Å². The van der Waals surface area contributed by atoms with Gasteiger partial charge < -0.3 is 0 Å². The van der Waals surface area contributed by atoms with Crippen molar-refractivity contribution in [2.75, 3.05) is 0 Å². The van der Waals surface area contributed by atoms with Crippen LogP contribution in [0, 0.1) is 0 Å². The third kappa shape index (κ3) is 2.68. The zero-order valence-corrected chi connectivity index (χ0v) is 19.6. The number of fused-ring (bicyclic) bond motifs is 11. The topological polar surface area (TPSA) is 12.9 Å². The van der Waals surface area contributed by atoms with Crippen molar-refractivity contribution < 1.29 is 0 Å². The van der Waals surface area contributed by atoms with E-state index in [9.17, 15) is 0 Å². The number of para-hydroxylation sites is 1. The fourth-order valence-electron chi connectivity index (χ4n) is 5.99. The lowest BCUT2D eigenvalue weighted by molar-refractivity contribution is 1.52. The van der Waals surface area contributed by atoms with Crippen LogP contribution in [0.2, 0.25) is 0 Å². The molecule has 1 heteroatoms. The Balaban J connectivity index is 1.66. The molecule has 1 aromatic heterocycles. The molecule has 0 radical (unpaired) electrons. The summed E-state index contributed by atoms with van der Waals surface area (Å²) in [6.07, 6.45) is 0. The Morgan fingerprint density at radius 1 is 0.389 bits per heavy atom. The summed E-state index contributed by atoms with van der Waals surface area (Å²) in [5.74, 6) is 0. The average Bonchev–Trinajstić information content (AvgIpc) is 2.95. The number of benzene rings is 7. The fourth-order valence-corrected chi connectivity index (χ4v) is 5.99. The maximum Gasteiger partial charge on any atom is 0.0800 e. The van der Waals surface area contributed by atoms with Crippen molar-refractivity contribution in [2.45, 2.75) is 0 Å². The Morgan fingerprint density at radius 3 is 2.00 bits per heavy atom. The van der Waals surface area contributed by atoms with Gasteiger partial charge in [0.15, 0.2) is 0 Å². The van der Waals surface area contributed by atoms with Crippen LogP contribution >= 0.6 is 0 Å². The average molecular weight is 456 g/mol. The lowest BCUT2D eigenvalue weighted by Crippen LogP contribution is -1.91. The highest BCUT2D eigenvalue weighted by atomic mass is 14.7. The Kier molecular flexibility index (Phi) is 4.00. The molecule has 0 saturated carbocycles. The predicted molar refractivity (Wildman–Crippen MR) is 155 cm³/mol. The molecule has 0 N–H and O–H groups in total. The quantitative estimate of drug-likeness (QED) is 0.177. The van der Waals surface area contributed by atoms with Gasteiger partial charge >= 0.3 is 0 Å². The molecule has 0 unspecified atom stereocenters. The van der Waals surface area contributed by atoms with Crippen LogP contribution in [0.5, 0.6) is 0 Å². The highest BCUT2D eigenvalue weighted by Gasteiger charge is 2.16. The minimum atomic E-state index is 1.03. The van der Waals surface area contributed by atoms with Crippen LogP contribution in [0.1, 0.15) is 0 Å². The van der Waals surface area contributed by atoms with E-state index >= 15 is 0 Å². The molecule has 0 aliphatic heterocycles. The van der Waals surface area contributed by atoms with Crippen LogP contribution in [-0.4, -0.2) is 4.98 Å². The van der Waals surface area contributed by atoms with E-state index in [1.165, 1.54) is 65.0 Å². The first-order valence-electron chi connectivity index (χ1n) is 12.4. The molecule has 8 aromatic rings. The van der Waals surface area contributed by atoms with E-state index < -0.39 is 0 Å². The molecule has 0 fully saturated rings. The summed E-state index contributed by atoms with van der Waals surface area (Å²) in [5, 5.41) is 12.5. The van der Waals surface area contributed by atoms with Gasteiger partial charge in [-0.25, -0.2) is 4.98 Å². The number of aromatic nitrogens is 1. The first kappa shape index (κ1) is 19.5. The molecule has 0 aliphatic carbocycles. The van der Waals surface area contributed by atoms with Crippen molar-refractivity contribution in [1.29, 1.82) is 0 Å². The molecule has 8 rings (SSSR count). The van der Waals surface area contributed by atoms with E-state index in [1.54, 1.807) is 0 Å². The van der Waals surface area contributed by atoms with Crippen LogP contribution in [0.4, 0.5) is 0 Å². The molecule has 0 spiro atoms. The predicted octanol–water partition coefficient (Wildman–Crippen LogP) is 9.67. The number of nitrogens with zero attached hydrogens (tertiary/aromatic N) is 1. The second-order valence-electron chi connectivity index (χ2n) is 9.54. The van der Waals surface area contributed by atoms with Crippen molar-refractivity contribution in [3.8, 4) is 11.1 Å². The van der Waals surface area contributed by atoms with Crippen LogP contribution in [-0.2, 0) is 0 Å². The van der Waals surface area contributed by atoms with Gasteiger partial charge in [-0.1, -0.05) is 115 Å². The molecule has 1 nitrogen and oxygen atoms in total. The third-order valence-electron chi connectivity index (χ3n) is 7.60. The Labute approximate surface area is 208 Å². The summed E-state index contributed by atoms with van der Waals surface area (Å²) in [6.45, 7) is 0. The summed E-state index contributed by atoms with van der Waals surface area (Å²) < 4.78 is 0. The molecule has 0 aliphatic rings. The standard InChI is InChI=1S/C35H21N/c1-2-9-22(10-3-1)25-14-8-15-28-27(25)19-20-29-31-21-24-12-5-7-16-32(24)36-35(31)34-26-13-6-4-11-23(26)17-18-30(34)33(28)29/h1-21H. The number of hydrogen-bond donors (Lipinski definition) is 0. The van der Waals surface area contributed by atoms with E-state index in [-0.39, 0.29) is 0 Å². The van der Waals surface area contributed by atoms with Gasteiger partial charge in [0, 0.05) is 16.2 Å². The summed E-state index contributed by atoms with van der Waals surface area (Å²) in [7, 11) is 0. The molecule has 36 heavy (non-hydrogen) atoms. The summed E-state index contributed by atoms with van der Waals surface area (Å²) in [6, 6.07) is 46.0. The Bertz CT molecular complexity index is 2130. The van der Waals surface area contributed by atoms with Crippen LogP contribution in [0.15, 0.2) is 127 Å². The fraction of sp³-hybridized carbons (Fsp3) is 0. The number of pyridine rings is 1. The minimum absolute atomic E-state index is 1.03. The highest BCUT2D eigenvalue weighted by molar-refractivity contribution is 6.36. The molecule has 0 amide bonds. The summed E-state index contributed by atoms with van der Waals surface area (Å²) >= 11 is 0. The lowest BCUT2D eigenvalue weighted by atomic mass is 9.88. The zero-order valence-electron chi connectivity index (χ0n) is 19.6. The van der Waals surface area contributed by atoms with Gasteiger partial charge in [0.1, 0.15) is 0 Å². The summed E-state index contributed by atoms with van der Waals surface area (Å²) in [4.78, 5) is 5.25. The minimum Gasteiger partial charge on any atom is -0.247 e. The number of hydrogen-bond acceptors (Lipinski definition) is 1. The lowest BCUT2D eigenvalue weighted by Gasteiger charge is -2.16. The molecule has 7 aromatic carbocycles. The van der Waals surface area contributed by atoms with Gasteiger partial charge in [-0.3, -0.25) is 0 Å². The maximum atomic E-state index is 5.25. The van der Waals surface area contributed by atoms with Crippen LogP contribution < -0.4 is 0 Å². The van der Waals surface area contributed by atoms with Gasteiger partial charge in [0.25, 0.3) is 0 Å². The zero-order chi connectivity index (χ0) is 23.6. The van der Waals surface area contributed by atoms with Crippen molar-refractivity contribution in [2.24, 2.45) is 0 Å². The molecule has 0 atom stereocenters. The van der Waals surface area contributed by atoms with E-state index in [2.05, 4.69) is 127 Å². The van der Waals surface area contributed by atoms with Gasteiger partial charge in [0.05, 0.1) is 11.0 Å². The SMILES string of the molecule is c1ccc(-c2cccc3c2ccc2c4cc5ccccc5nc4c4c5ccccc5ccc4c32)cc1. The normalized spacial score (nSPS) is 11.9. The third-order valence-corrected chi connectivity index (χ3v) is 7.60. The highest BCUT2D eigenvalue weighted by Crippen LogP contribution is 2.43. The van der Waals surface area contributed by atoms with E-state index in [0.717, 1.165) is 11.0 Å². The van der Waals surface area contributed by atoms with Gasteiger partial charge in [-0.2, -0.15) is 0 Å². The van der Waals surface area contributed by atoms with Crippen molar-refractivity contribution in [3.63, 3.8) is 0 Å². The van der Waals surface area contributed by atoms with Gasteiger partial charge in [-0.05, 0) is 61.0 Å². The Morgan fingerprint density at radius 2 is 1.08 bits per heavy atom. The molecular weight excluding hydrogens is 434 g/mol. The van der Waals surface area contributed by atoms with Crippen molar-refractivity contribution in [3.05, 3.63) is 127 Å². The second-order valence-corrected chi connectivity index (χ2v) is 9.54. The first-order chi connectivity index (χ1) is 17.9. The van der Waals surface area contributed by atoms with Crippen molar-refractivity contribution >= 4 is 64.9 Å². The smallest absolute Gasteiger partial charge is 0.0800 e. The summed E-state index contributed by atoms with van der Waals surface area (Å²) in [5.41, 5.74) is 4.61. The Hall–Kier alpha value is -4.75. The van der Waals surface area contributed by atoms with E-state index in [0.29, 0.717) is 0 Å². The molecule has 0 saturated heterocycles. The largest absolute Gasteiger partial charge is 0.247 e. The monoisotopic (exact) mass is 455 g/mol. The van der Waals surface area contributed by atoms with Crippen LogP contribution in [0.25, 0.3) is 76.0 Å². The van der Waals surface area contributed by atoms with E-state index in [4.69, 9.17) is 4.98 Å².